The summed E-state index contributed by atoms with van der Waals surface area (Å²) in [5.41, 5.74) is 1.13. The van der Waals surface area contributed by atoms with Gasteiger partial charge in [0.2, 0.25) is 0 Å². The minimum atomic E-state index is 0. The molecule has 0 radical (unpaired) electrons. The quantitative estimate of drug-likeness (QED) is 0.397. The number of aromatic nitrogens is 1. The van der Waals surface area contributed by atoms with Crippen LogP contribution in [0.3, 0.4) is 0 Å². The maximum Gasteiger partial charge on any atom is 0.191 e. The van der Waals surface area contributed by atoms with Gasteiger partial charge in [0.1, 0.15) is 5.01 Å². The van der Waals surface area contributed by atoms with Gasteiger partial charge in [-0.25, -0.2) is 4.98 Å². The first-order valence-corrected chi connectivity index (χ1v) is 8.99. The van der Waals surface area contributed by atoms with Gasteiger partial charge in [0.15, 0.2) is 5.96 Å². The number of nitrogens with zero attached hydrogens (tertiary/aromatic N) is 3. The molecule has 1 aliphatic rings. The summed E-state index contributed by atoms with van der Waals surface area (Å²) in [5, 5.41) is 7.84. The molecule has 1 aliphatic carbocycles. The normalized spacial score (nSPS) is 15.8. The molecule has 0 amide bonds. The zero-order chi connectivity index (χ0) is 15.9. The summed E-state index contributed by atoms with van der Waals surface area (Å²) < 4.78 is 0. The Kier molecular flexibility index (Phi) is 9.38. The molecular weight excluding hydrogens is 421 g/mol. The number of guanidine groups is 1. The highest BCUT2D eigenvalue weighted by atomic mass is 127. The van der Waals surface area contributed by atoms with Crippen LogP contribution in [-0.4, -0.2) is 49.1 Å². The number of hydrogen-bond donors (Lipinski definition) is 2. The van der Waals surface area contributed by atoms with Crippen molar-refractivity contribution in [3.05, 3.63) is 15.6 Å². The molecule has 1 fully saturated rings. The van der Waals surface area contributed by atoms with Crippen molar-refractivity contribution < 1.29 is 0 Å². The summed E-state index contributed by atoms with van der Waals surface area (Å²) >= 11 is 1.75. The van der Waals surface area contributed by atoms with Crippen molar-refractivity contribution in [1.29, 1.82) is 0 Å². The Labute approximate surface area is 161 Å². The van der Waals surface area contributed by atoms with Gasteiger partial charge in [0.25, 0.3) is 0 Å². The first-order valence-electron chi connectivity index (χ1n) is 8.18. The topological polar surface area (TPSA) is 52.6 Å². The zero-order valence-electron chi connectivity index (χ0n) is 14.7. The largest absolute Gasteiger partial charge is 0.355 e. The summed E-state index contributed by atoms with van der Waals surface area (Å²) in [6.45, 7) is 6.88. The highest BCUT2D eigenvalue weighted by molar-refractivity contribution is 14.0. The molecule has 1 aromatic heterocycles. The van der Waals surface area contributed by atoms with Crippen molar-refractivity contribution in [2.75, 3.05) is 27.2 Å². The first kappa shape index (κ1) is 20.6. The van der Waals surface area contributed by atoms with Crippen LogP contribution in [0.25, 0.3) is 0 Å². The summed E-state index contributed by atoms with van der Waals surface area (Å²) in [7, 11) is 4.04. The lowest BCUT2D eigenvalue weighted by atomic mass is 10.2. The Bertz CT molecular complexity index is 477. The average Bonchev–Trinajstić information content (AvgIpc) is 3.13. The first-order chi connectivity index (χ1) is 10.6. The summed E-state index contributed by atoms with van der Waals surface area (Å²) in [6.07, 6.45) is 5.48. The number of halogens is 1. The molecule has 1 heterocycles. The van der Waals surface area contributed by atoms with E-state index in [0.29, 0.717) is 0 Å². The zero-order valence-corrected chi connectivity index (χ0v) is 17.8. The second kappa shape index (κ2) is 10.5. The number of aliphatic imine (C=N–C) groups is 1. The minimum Gasteiger partial charge on any atom is -0.355 e. The Balaban J connectivity index is 0.00000264. The standard InChI is InChI=1S/C16H29N5S.HI/c1-12-13(2)22-15(20-12)11-19-16(17-3)18-9-10-21(4)14-7-5-6-8-14;/h14H,5-11H2,1-4H3,(H2,17,18,19);1H. The molecule has 23 heavy (non-hydrogen) atoms. The van der Waals surface area contributed by atoms with Gasteiger partial charge in [-0.3, -0.25) is 4.99 Å². The predicted molar refractivity (Wildman–Crippen MR) is 110 cm³/mol. The van der Waals surface area contributed by atoms with Crippen molar-refractivity contribution in [3.8, 4) is 0 Å². The van der Waals surface area contributed by atoms with E-state index in [0.717, 1.165) is 42.3 Å². The second-order valence-corrected chi connectivity index (χ2v) is 7.31. The molecule has 0 aromatic carbocycles. The van der Waals surface area contributed by atoms with Crippen molar-refractivity contribution in [2.24, 2.45) is 4.99 Å². The number of rotatable bonds is 6. The van der Waals surface area contributed by atoms with Crippen LogP contribution < -0.4 is 10.6 Å². The molecule has 7 heteroatoms. The van der Waals surface area contributed by atoms with Gasteiger partial charge in [-0.1, -0.05) is 12.8 Å². The number of thiazole rings is 1. The molecule has 0 atom stereocenters. The van der Waals surface area contributed by atoms with Crippen molar-refractivity contribution in [3.63, 3.8) is 0 Å². The third-order valence-corrected chi connectivity index (χ3v) is 5.48. The van der Waals surface area contributed by atoms with Gasteiger partial charge in [0, 0.05) is 31.1 Å². The molecular formula is C16H30IN5S. The van der Waals surface area contributed by atoms with Gasteiger partial charge >= 0.3 is 0 Å². The van der Waals surface area contributed by atoms with Gasteiger partial charge in [-0.05, 0) is 33.7 Å². The van der Waals surface area contributed by atoms with Crippen LogP contribution in [0.4, 0.5) is 0 Å². The van der Waals surface area contributed by atoms with Gasteiger partial charge in [-0.2, -0.15) is 0 Å². The average molecular weight is 451 g/mol. The Morgan fingerprint density at radius 1 is 1.30 bits per heavy atom. The Morgan fingerprint density at radius 3 is 2.57 bits per heavy atom. The molecule has 0 spiro atoms. The van der Waals surface area contributed by atoms with Crippen LogP contribution in [-0.2, 0) is 6.54 Å². The third-order valence-electron chi connectivity index (χ3n) is 4.41. The highest BCUT2D eigenvalue weighted by Crippen LogP contribution is 2.21. The SMILES string of the molecule is CN=C(NCCN(C)C1CCCC1)NCc1nc(C)c(C)s1.I. The number of nitrogens with one attached hydrogen (secondary N) is 2. The lowest BCUT2D eigenvalue weighted by molar-refractivity contribution is 0.249. The fraction of sp³-hybridized carbons (Fsp3) is 0.750. The fourth-order valence-corrected chi connectivity index (χ4v) is 3.75. The molecule has 0 bridgehead atoms. The van der Waals surface area contributed by atoms with Crippen molar-refractivity contribution in [1.82, 2.24) is 20.5 Å². The highest BCUT2D eigenvalue weighted by Gasteiger charge is 2.18. The van der Waals surface area contributed by atoms with Gasteiger partial charge in [0.05, 0.1) is 12.2 Å². The summed E-state index contributed by atoms with van der Waals surface area (Å²) in [4.78, 5) is 12.6. The lowest BCUT2D eigenvalue weighted by Crippen LogP contribution is -2.42. The molecule has 5 nitrogen and oxygen atoms in total. The molecule has 2 N–H and O–H groups in total. The molecule has 0 unspecified atom stereocenters. The predicted octanol–water partition coefficient (Wildman–Crippen LogP) is 2.92. The monoisotopic (exact) mass is 451 g/mol. The second-order valence-electron chi connectivity index (χ2n) is 6.02. The van der Waals surface area contributed by atoms with E-state index in [1.54, 1.807) is 11.3 Å². The molecule has 0 saturated heterocycles. The summed E-state index contributed by atoms with van der Waals surface area (Å²) in [5.74, 6) is 0.852. The number of aryl methyl sites for hydroxylation is 2. The number of hydrogen-bond acceptors (Lipinski definition) is 4. The number of likely N-dealkylation sites (N-methyl/N-ethyl adjacent to an activating group) is 1. The van der Waals surface area contributed by atoms with E-state index >= 15 is 0 Å². The van der Waals surface area contributed by atoms with E-state index in [2.05, 4.69) is 46.4 Å². The molecule has 1 aromatic rings. The molecule has 1 saturated carbocycles. The molecule has 2 rings (SSSR count). The Morgan fingerprint density at radius 2 is 2.00 bits per heavy atom. The van der Waals surface area contributed by atoms with Crippen LogP contribution >= 0.6 is 35.3 Å². The smallest absolute Gasteiger partial charge is 0.191 e. The van der Waals surface area contributed by atoms with Gasteiger partial charge in [-0.15, -0.1) is 35.3 Å². The minimum absolute atomic E-state index is 0. The van der Waals surface area contributed by atoms with E-state index in [1.165, 1.54) is 30.6 Å². The van der Waals surface area contributed by atoms with E-state index in [4.69, 9.17) is 0 Å². The van der Waals surface area contributed by atoms with E-state index in [9.17, 15) is 0 Å². The van der Waals surface area contributed by atoms with Crippen LogP contribution in [0, 0.1) is 13.8 Å². The lowest BCUT2D eigenvalue weighted by Gasteiger charge is -2.24. The van der Waals surface area contributed by atoms with Crippen LogP contribution in [0.2, 0.25) is 0 Å². The van der Waals surface area contributed by atoms with Crippen molar-refractivity contribution >= 4 is 41.3 Å². The third kappa shape index (κ3) is 6.54. The Hall–Kier alpha value is -0.410. The van der Waals surface area contributed by atoms with Crippen LogP contribution in [0.1, 0.15) is 41.3 Å². The van der Waals surface area contributed by atoms with Crippen molar-refractivity contribution in [2.45, 2.75) is 52.1 Å². The summed E-state index contributed by atoms with van der Waals surface area (Å²) in [6, 6.07) is 0.776. The van der Waals surface area contributed by atoms with E-state index in [-0.39, 0.29) is 24.0 Å². The van der Waals surface area contributed by atoms with Crippen LogP contribution in [0.5, 0.6) is 0 Å². The van der Waals surface area contributed by atoms with Gasteiger partial charge < -0.3 is 15.5 Å². The van der Waals surface area contributed by atoms with E-state index in [1.807, 2.05) is 7.05 Å². The fourth-order valence-electron chi connectivity index (χ4n) is 2.87. The van der Waals surface area contributed by atoms with E-state index < -0.39 is 0 Å². The molecule has 0 aliphatic heterocycles. The maximum absolute atomic E-state index is 4.54. The van der Waals surface area contributed by atoms with Crippen LogP contribution in [0.15, 0.2) is 4.99 Å². The maximum atomic E-state index is 4.54. The molecule has 132 valence electrons.